The van der Waals surface area contributed by atoms with Crippen LogP contribution in [-0.4, -0.2) is 11.0 Å². The molecule has 3 rings (SSSR count). The Bertz CT molecular complexity index is 605. The van der Waals surface area contributed by atoms with Gasteiger partial charge in [0, 0.05) is 17.1 Å². The number of nitrogens with zero attached hydrogens (tertiary/aromatic N) is 1. The van der Waals surface area contributed by atoms with Gasteiger partial charge in [0.2, 0.25) is 5.89 Å². The minimum absolute atomic E-state index is 0.545. The minimum Gasteiger partial charge on any atom is -0.444 e. The third-order valence-corrected chi connectivity index (χ3v) is 5.31. The molecule has 1 N–H and O–H groups in total. The van der Waals surface area contributed by atoms with Gasteiger partial charge >= 0.3 is 0 Å². The summed E-state index contributed by atoms with van der Waals surface area (Å²) >= 11 is 3.54. The minimum atomic E-state index is 0.545. The highest BCUT2D eigenvalue weighted by Crippen LogP contribution is 2.28. The molecule has 1 unspecified atom stereocenters. The van der Waals surface area contributed by atoms with E-state index in [1.54, 1.807) is 6.26 Å². The summed E-state index contributed by atoms with van der Waals surface area (Å²) in [4.78, 5) is 4.60. The Balaban J connectivity index is 1.59. The maximum absolute atomic E-state index is 5.63. The van der Waals surface area contributed by atoms with Gasteiger partial charge in [0.05, 0.1) is 11.3 Å². The van der Waals surface area contributed by atoms with Gasteiger partial charge in [-0.1, -0.05) is 31.4 Å². The molecule has 0 saturated heterocycles. The molecule has 0 amide bonds. The molecule has 0 radical (unpaired) electrons. The Morgan fingerprint density at radius 1 is 1.27 bits per heavy atom. The van der Waals surface area contributed by atoms with Gasteiger partial charge in [-0.25, -0.2) is 4.98 Å². The predicted molar refractivity (Wildman–Crippen MR) is 92.5 cm³/mol. The number of hydrogen-bond acceptors (Lipinski definition) is 3. The topological polar surface area (TPSA) is 38.1 Å². The summed E-state index contributed by atoms with van der Waals surface area (Å²) < 4.78 is 6.63. The van der Waals surface area contributed by atoms with E-state index in [-0.39, 0.29) is 0 Å². The standard InChI is InChI=1S/C18H23BrN2O/c1-13(14-7-3-2-4-8-14)20-11-15-12-22-18(21-15)16-9-5-6-10-17(16)19/h5-6,9-10,12-14,20H,2-4,7-8,11H2,1H3. The fourth-order valence-corrected chi connectivity index (χ4v) is 3.67. The summed E-state index contributed by atoms with van der Waals surface area (Å²) in [5.41, 5.74) is 1.96. The van der Waals surface area contributed by atoms with Crippen LogP contribution in [0, 0.1) is 5.92 Å². The van der Waals surface area contributed by atoms with Crippen molar-refractivity contribution in [1.82, 2.24) is 10.3 Å². The van der Waals surface area contributed by atoms with Crippen LogP contribution in [0.3, 0.4) is 0 Å². The smallest absolute Gasteiger partial charge is 0.227 e. The average Bonchev–Trinajstić information content (AvgIpc) is 3.02. The first-order valence-corrected chi connectivity index (χ1v) is 8.96. The van der Waals surface area contributed by atoms with Crippen molar-refractivity contribution in [3.05, 3.63) is 40.7 Å². The number of oxazole rings is 1. The Kier molecular flexibility index (Phi) is 5.32. The van der Waals surface area contributed by atoms with Crippen LogP contribution < -0.4 is 5.32 Å². The van der Waals surface area contributed by atoms with Crippen LogP contribution in [0.1, 0.15) is 44.7 Å². The molecule has 1 aromatic heterocycles. The summed E-state index contributed by atoms with van der Waals surface area (Å²) in [5.74, 6) is 1.48. The molecule has 1 aliphatic carbocycles. The summed E-state index contributed by atoms with van der Waals surface area (Å²) in [5, 5.41) is 3.61. The first kappa shape index (κ1) is 15.8. The molecule has 1 aliphatic rings. The average molecular weight is 363 g/mol. The molecule has 3 nitrogen and oxygen atoms in total. The second-order valence-electron chi connectivity index (χ2n) is 6.19. The van der Waals surface area contributed by atoms with Crippen LogP contribution in [0.15, 0.2) is 39.4 Å². The van der Waals surface area contributed by atoms with E-state index in [2.05, 4.69) is 33.2 Å². The van der Waals surface area contributed by atoms with Crippen LogP contribution >= 0.6 is 15.9 Å². The number of benzene rings is 1. The third kappa shape index (κ3) is 3.79. The van der Waals surface area contributed by atoms with Gasteiger partial charge < -0.3 is 9.73 Å². The predicted octanol–water partition coefficient (Wildman–Crippen LogP) is 5.16. The maximum Gasteiger partial charge on any atom is 0.227 e. The lowest BCUT2D eigenvalue weighted by Crippen LogP contribution is -2.34. The zero-order chi connectivity index (χ0) is 15.4. The molecule has 0 bridgehead atoms. The van der Waals surface area contributed by atoms with Crippen molar-refractivity contribution < 1.29 is 4.42 Å². The van der Waals surface area contributed by atoms with Crippen LogP contribution in [0.25, 0.3) is 11.5 Å². The molecule has 1 fully saturated rings. The molecule has 1 aromatic carbocycles. The number of aromatic nitrogens is 1. The van der Waals surface area contributed by atoms with Crippen molar-refractivity contribution in [2.24, 2.45) is 5.92 Å². The molecule has 22 heavy (non-hydrogen) atoms. The van der Waals surface area contributed by atoms with Crippen molar-refractivity contribution in [2.45, 2.75) is 51.6 Å². The van der Waals surface area contributed by atoms with Gasteiger partial charge in [-0.2, -0.15) is 0 Å². The Morgan fingerprint density at radius 2 is 2.05 bits per heavy atom. The molecule has 4 heteroatoms. The molecular weight excluding hydrogens is 340 g/mol. The highest BCUT2D eigenvalue weighted by Gasteiger charge is 2.20. The Labute approximate surface area is 140 Å². The van der Waals surface area contributed by atoms with Crippen molar-refractivity contribution in [3.63, 3.8) is 0 Å². The molecule has 1 heterocycles. The van der Waals surface area contributed by atoms with Gasteiger partial charge in [0.25, 0.3) is 0 Å². The van der Waals surface area contributed by atoms with Gasteiger partial charge in [-0.05, 0) is 53.7 Å². The van der Waals surface area contributed by atoms with Gasteiger partial charge in [0.1, 0.15) is 6.26 Å². The van der Waals surface area contributed by atoms with Crippen molar-refractivity contribution in [2.75, 3.05) is 0 Å². The first-order valence-electron chi connectivity index (χ1n) is 8.17. The number of nitrogens with one attached hydrogen (secondary N) is 1. The summed E-state index contributed by atoms with van der Waals surface area (Å²) in [7, 11) is 0. The molecule has 118 valence electrons. The van der Waals surface area contributed by atoms with E-state index >= 15 is 0 Å². The Morgan fingerprint density at radius 3 is 2.82 bits per heavy atom. The van der Waals surface area contributed by atoms with E-state index in [9.17, 15) is 0 Å². The molecule has 1 atom stereocenters. The van der Waals surface area contributed by atoms with E-state index in [0.717, 1.165) is 28.2 Å². The van der Waals surface area contributed by atoms with Gasteiger partial charge in [-0.15, -0.1) is 0 Å². The molecule has 0 aliphatic heterocycles. The molecule has 0 spiro atoms. The van der Waals surface area contributed by atoms with Gasteiger partial charge in [-0.3, -0.25) is 0 Å². The van der Waals surface area contributed by atoms with Crippen LogP contribution in [-0.2, 0) is 6.54 Å². The van der Waals surface area contributed by atoms with E-state index in [1.807, 2.05) is 24.3 Å². The molecular formula is C18H23BrN2O. The Hall–Kier alpha value is -1.13. The van der Waals surface area contributed by atoms with Crippen LogP contribution in [0.4, 0.5) is 0 Å². The number of rotatable bonds is 5. The molecule has 1 saturated carbocycles. The quantitative estimate of drug-likeness (QED) is 0.797. The zero-order valence-corrected chi connectivity index (χ0v) is 14.6. The highest BCUT2D eigenvalue weighted by molar-refractivity contribution is 9.10. The summed E-state index contributed by atoms with van der Waals surface area (Å²) in [6.45, 7) is 3.07. The second kappa shape index (κ2) is 7.42. The number of halogens is 1. The fourth-order valence-electron chi connectivity index (χ4n) is 3.21. The lowest BCUT2D eigenvalue weighted by atomic mass is 9.84. The maximum atomic E-state index is 5.63. The summed E-state index contributed by atoms with van der Waals surface area (Å²) in [6.07, 6.45) is 8.64. The van der Waals surface area contributed by atoms with Crippen molar-refractivity contribution in [1.29, 1.82) is 0 Å². The van der Waals surface area contributed by atoms with Crippen LogP contribution in [0.2, 0.25) is 0 Å². The lowest BCUT2D eigenvalue weighted by Gasteiger charge is -2.28. The van der Waals surface area contributed by atoms with E-state index in [1.165, 1.54) is 32.1 Å². The highest BCUT2D eigenvalue weighted by atomic mass is 79.9. The largest absolute Gasteiger partial charge is 0.444 e. The third-order valence-electron chi connectivity index (χ3n) is 4.62. The van der Waals surface area contributed by atoms with Crippen molar-refractivity contribution >= 4 is 15.9 Å². The van der Waals surface area contributed by atoms with Gasteiger partial charge in [0.15, 0.2) is 0 Å². The van der Waals surface area contributed by atoms with Crippen LogP contribution in [0.5, 0.6) is 0 Å². The number of hydrogen-bond donors (Lipinski definition) is 1. The SMILES string of the molecule is CC(NCc1coc(-c2ccccc2Br)n1)C1CCCCC1. The van der Waals surface area contributed by atoms with Crippen molar-refractivity contribution in [3.8, 4) is 11.5 Å². The second-order valence-corrected chi connectivity index (χ2v) is 7.05. The fraction of sp³-hybridized carbons (Fsp3) is 0.500. The van der Waals surface area contributed by atoms with E-state index in [4.69, 9.17) is 4.42 Å². The molecule has 2 aromatic rings. The summed E-state index contributed by atoms with van der Waals surface area (Å²) in [6, 6.07) is 8.54. The van der Waals surface area contributed by atoms with E-state index < -0.39 is 0 Å². The first-order chi connectivity index (χ1) is 10.7. The van der Waals surface area contributed by atoms with E-state index in [0.29, 0.717) is 11.9 Å². The lowest BCUT2D eigenvalue weighted by molar-refractivity contribution is 0.280. The monoisotopic (exact) mass is 362 g/mol. The normalized spacial score (nSPS) is 17.5. The zero-order valence-electron chi connectivity index (χ0n) is 13.0.